The third kappa shape index (κ3) is 2.92. The van der Waals surface area contributed by atoms with Gasteiger partial charge in [0.15, 0.2) is 6.29 Å². The van der Waals surface area contributed by atoms with Crippen LogP contribution in [-0.2, 0) is 0 Å². The number of carbonyl (C=O) groups is 1. The average molecular weight is 258 g/mol. The molecule has 1 rings (SSSR count). The van der Waals surface area contributed by atoms with Crippen LogP contribution in [0.5, 0.6) is 0 Å². The summed E-state index contributed by atoms with van der Waals surface area (Å²) in [6.07, 6.45) is 2.89. The second-order valence-corrected chi connectivity index (χ2v) is 5.02. The lowest BCUT2D eigenvalue weighted by Gasteiger charge is -2.27. The van der Waals surface area contributed by atoms with Gasteiger partial charge in [0, 0.05) is 24.5 Å². The van der Waals surface area contributed by atoms with Gasteiger partial charge >= 0.3 is 0 Å². The number of rotatable bonds is 5. The first-order valence-corrected chi connectivity index (χ1v) is 6.84. The van der Waals surface area contributed by atoms with Crippen molar-refractivity contribution in [1.82, 2.24) is 0 Å². The molecule has 1 unspecified atom stereocenters. The Morgan fingerprint density at radius 1 is 1.56 bits per heavy atom. The van der Waals surface area contributed by atoms with E-state index < -0.39 is 0 Å². The van der Waals surface area contributed by atoms with Crippen LogP contribution in [0.25, 0.3) is 0 Å². The number of carbonyl (C=O) groups excluding carboxylic acids is 1. The Labute approximate surface area is 106 Å². The van der Waals surface area contributed by atoms with Crippen molar-refractivity contribution in [3.8, 4) is 0 Å². The minimum absolute atomic E-state index is 0.368. The highest BCUT2D eigenvalue weighted by Crippen LogP contribution is 2.26. The highest BCUT2D eigenvalue weighted by molar-refractivity contribution is 7.98. The van der Waals surface area contributed by atoms with E-state index in [1.54, 1.807) is 17.8 Å². The van der Waals surface area contributed by atoms with Crippen LogP contribution in [-0.4, -0.2) is 31.4 Å². The number of aldehydes is 1. The van der Waals surface area contributed by atoms with E-state index in [-0.39, 0.29) is 0 Å². The second-order valence-electron chi connectivity index (χ2n) is 3.71. The van der Waals surface area contributed by atoms with Crippen LogP contribution in [0.1, 0.15) is 17.3 Å². The molecule has 88 valence electrons. The Kier molecular flexibility index (Phi) is 5.16. The molecule has 0 amide bonds. The lowest BCUT2D eigenvalue weighted by atomic mass is 10.1. The van der Waals surface area contributed by atoms with E-state index in [4.69, 9.17) is 11.6 Å². The molecular weight excluding hydrogens is 242 g/mol. The van der Waals surface area contributed by atoms with Crippen LogP contribution in [0.3, 0.4) is 0 Å². The third-order valence-corrected chi connectivity index (χ3v) is 3.74. The van der Waals surface area contributed by atoms with Gasteiger partial charge in [0.05, 0.1) is 10.6 Å². The van der Waals surface area contributed by atoms with Crippen molar-refractivity contribution in [3.63, 3.8) is 0 Å². The highest BCUT2D eigenvalue weighted by atomic mass is 35.5. The quantitative estimate of drug-likeness (QED) is 0.755. The van der Waals surface area contributed by atoms with E-state index in [1.165, 1.54) is 0 Å². The number of hydrogen-bond donors (Lipinski definition) is 0. The standard InChI is InChI=1S/C12H16ClNOS/c1-9(8-16-3)14(2)12-6-4-5-11(13)10(12)7-15/h4-7,9H,8H2,1-3H3. The SMILES string of the molecule is CSCC(C)N(C)c1cccc(Cl)c1C=O. The molecule has 0 N–H and O–H groups in total. The van der Waals surface area contributed by atoms with Gasteiger partial charge in [-0.25, -0.2) is 0 Å². The summed E-state index contributed by atoms with van der Waals surface area (Å²) in [5.41, 5.74) is 1.46. The fraction of sp³-hybridized carbons (Fsp3) is 0.417. The van der Waals surface area contributed by atoms with Gasteiger partial charge in [-0.2, -0.15) is 11.8 Å². The summed E-state index contributed by atoms with van der Waals surface area (Å²) in [7, 11) is 1.99. The monoisotopic (exact) mass is 257 g/mol. The molecule has 0 aliphatic heterocycles. The molecule has 1 atom stereocenters. The van der Waals surface area contributed by atoms with Gasteiger partial charge in [0.2, 0.25) is 0 Å². The van der Waals surface area contributed by atoms with Crippen molar-refractivity contribution in [2.75, 3.05) is 24.0 Å². The average Bonchev–Trinajstić information content (AvgIpc) is 2.28. The lowest BCUT2D eigenvalue weighted by molar-refractivity contribution is 0.112. The van der Waals surface area contributed by atoms with Crippen LogP contribution >= 0.6 is 23.4 Å². The maximum absolute atomic E-state index is 11.0. The van der Waals surface area contributed by atoms with Gasteiger partial charge in [0.25, 0.3) is 0 Å². The van der Waals surface area contributed by atoms with Crippen molar-refractivity contribution in [2.45, 2.75) is 13.0 Å². The number of halogens is 1. The summed E-state index contributed by atoms with van der Waals surface area (Å²) in [5, 5.41) is 0.510. The first-order valence-electron chi connectivity index (χ1n) is 5.07. The van der Waals surface area contributed by atoms with E-state index >= 15 is 0 Å². The van der Waals surface area contributed by atoms with E-state index in [2.05, 4.69) is 18.1 Å². The molecule has 0 saturated heterocycles. The molecule has 1 aromatic rings. The van der Waals surface area contributed by atoms with Crippen LogP contribution in [0.2, 0.25) is 5.02 Å². The van der Waals surface area contributed by atoms with E-state index in [0.717, 1.165) is 17.7 Å². The fourth-order valence-electron chi connectivity index (χ4n) is 1.54. The van der Waals surface area contributed by atoms with Gasteiger partial charge in [-0.15, -0.1) is 0 Å². The lowest BCUT2D eigenvalue weighted by Crippen LogP contribution is -2.31. The van der Waals surface area contributed by atoms with Crippen molar-refractivity contribution in [3.05, 3.63) is 28.8 Å². The Hall–Kier alpha value is -0.670. The Balaban J connectivity index is 3.03. The summed E-state index contributed by atoms with van der Waals surface area (Å²) in [6, 6.07) is 5.90. The Morgan fingerprint density at radius 2 is 2.25 bits per heavy atom. The largest absolute Gasteiger partial charge is 0.370 e. The van der Waals surface area contributed by atoms with Crippen molar-refractivity contribution < 1.29 is 4.79 Å². The zero-order chi connectivity index (χ0) is 12.1. The topological polar surface area (TPSA) is 20.3 Å². The number of nitrogens with zero attached hydrogens (tertiary/aromatic N) is 1. The molecule has 0 fully saturated rings. The molecule has 0 bridgehead atoms. The molecular formula is C12H16ClNOS. The molecule has 0 aliphatic rings. The third-order valence-electron chi connectivity index (χ3n) is 2.60. The molecule has 0 aliphatic carbocycles. The Bertz CT molecular complexity index is 370. The number of thioether (sulfide) groups is 1. The predicted octanol–water partition coefficient (Wildman–Crippen LogP) is 3.34. The van der Waals surface area contributed by atoms with Crippen molar-refractivity contribution in [2.24, 2.45) is 0 Å². The number of anilines is 1. The summed E-state index contributed by atoms with van der Waals surface area (Å²) >= 11 is 7.78. The van der Waals surface area contributed by atoms with Crippen LogP contribution < -0.4 is 4.90 Å². The first kappa shape index (κ1) is 13.4. The van der Waals surface area contributed by atoms with Crippen LogP contribution in [0, 0.1) is 0 Å². The molecule has 0 spiro atoms. The molecule has 1 aromatic carbocycles. The summed E-state index contributed by atoms with van der Waals surface area (Å²) in [4.78, 5) is 13.1. The molecule has 16 heavy (non-hydrogen) atoms. The molecule has 4 heteroatoms. The zero-order valence-corrected chi connectivity index (χ0v) is 11.3. The Morgan fingerprint density at radius 3 is 2.81 bits per heavy atom. The highest BCUT2D eigenvalue weighted by Gasteiger charge is 2.14. The predicted molar refractivity (Wildman–Crippen MR) is 73.1 cm³/mol. The number of hydrogen-bond acceptors (Lipinski definition) is 3. The molecule has 0 saturated carbocycles. The maximum atomic E-state index is 11.0. The molecule has 0 aromatic heterocycles. The smallest absolute Gasteiger partial charge is 0.153 e. The minimum atomic E-state index is 0.368. The van der Waals surface area contributed by atoms with Gasteiger partial charge in [0.1, 0.15) is 0 Å². The number of benzene rings is 1. The fourth-order valence-corrected chi connectivity index (χ4v) is 2.46. The van der Waals surface area contributed by atoms with Gasteiger partial charge in [-0.05, 0) is 25.3 Å². The maximum Gasteiger partial charge on any atom is 0.153 e. The molecule has 0 radical (unpaired) electrons. The second kappa shape index (κ2) is 6.16. The first-order chi connectivity index (χ1) is 7.61. The van der Waals surface area contributed by atoms with Crippen LogP contribution in [0.4, 0.5) is 5.69 Å². The summed E-state index contributed by atoms with van der Waals surface area (Å²) in [5.74, 6) is 1.02. The molecule has 0 heterocycles. The minimum Gasteiger partial charge on any atom is -0.370 e. The van der Waals surface area contributed by atoms with Gasteiger partial charge in [-0.1, -0.05) is 17.7 Å². The van der Waals surface area contributed by atoms with Gasteiger partial charge < -0.3 is 4.90 Å². The zero-order valence-electron chi connectivity index (χ0n) is 9.74. The van der Waals surface area contributed by atoms with E-state index in [1.807, 2.05) is 19.2 Å². The van der Waals surface area contributed by atoms with Gasteiger partial charge in [-0.3, -0.25) is 4.79 Å². The summed E-state index contributed by atoms with van der Waals surface area (Å²) < 4.78 is 0. The van der Waals surface area contributed by atoms with E-state index in [0.29, 0.717) is 16.6 Å². The van der Waals surface area contributed by atoms with E-state index in [9.17, 15) is 4.79 Å². The normalized spacial score (nSPS) is 12.2. The van der Waals surface area contributed by atoms with Crippen molar-refractivity contribution >= 4 is 35.3 Å². The molecule has 2 nitrogen and oxygen atoms in total. The van der Waals surface area contributed by atoms with Crippen molar-refractivity contribution in [1.29, 1.82) is 0 Å². The van der Waals surface area contributed by atoms with Crippen LogP contribution in [0.15, 0.2) is 18.2 Å². The summed E-state index contributed by atoms with van der Waals surface area (Å²) in [6.45, 7) is 2.13.